The zero-order valence-electron chi connectivity index (χ0n) is 6.96. The molecule has 1 saturated heterocycles. The third-order valence-corrected chi connectivity index (χ3v) is 1.78. The van der Waals surface area contributed by atoms with E-state index in [9.17, 15) is 0 Å². The fourth-order valence-electron chi connectivity index (χ4n) is 1.15. The number of rotatable bonds is 1. The first-order valence-electron chi connectivity index (χ1n) is 3.63. The summed E-state index contributed by atoms with van der Waals surface area (Å²) in [4.78, 5) is 10.2. The lowest BCUT2D eigenvalue weighted by molar-refractivity contribution is 0.514. The van der Waals surface area contributed by atoms with Crippen LogP contribution in [0.15, 0.2) is 18.6 Å². The van der Waals surface area contributed by atoms with E-state index >= 15 is 0 Å². The Hall–Kier alpha value is -0.580. The summed E-state index contributed by atoms with van der Waals surface area (Å²) < 4.78 is 0. The summed E-state index contributed by atoms with van der Waals surface area (Å²) in [6, 6.07) is 0.317. The molecule has 0 radical (unpaired) electrons. The molecule has 0 spiro atoms. The lowest BCUT2D eigenvalue weighted by Crippen LogP contribution is -2.56. The van der Waals surface area contributed by atoms with Gasteiger partial charge in [-0.3, -0.25) is 4.98 Å². The van der Waals surface area contributed by atoms with Crippen LogP contribution in [0, 0.1) is 0 Å². The normalized spacial score (nSPS) is 15.3. The van der Waals surface area contributed by atoms with Gasteiger partial charge >= 0.3 is 0 Å². The van der Waals surface area contributed by atoms with Crippen LogP contribution in [0.4, 0.5) is 5.82 Å². The van der Waals surface area contributed by atoms with Gasteiger partial charge in [0, 0.05) is 31.5 Å². The second-order valence-corrected chi connectivity index (χ2v) is 2.73. The number of aromatic nitrogens is 2. The van der Waals surface area contributed by atoms with Crippen LogP contribution >= 0.6 is 24.8 Å². The van der Waals surface area contributed by atoms with Crippen LogP contribution in [-0.2, 0) is 0 Å². The molecule has 0 aromatic carbocycles. The highest BCUT2D eigenvalue weighted by Gasteiger charge is 2.23. The van der Waals surface area contributed by atoms with Gasteiger partial charge in [0.1, 0.15) is 5.82 Å². The summed E-state index contributed by atoms with van der Waals surface area (Å²) in [6.07, 6.45) is 5.12. The summed E-state index contributed by atoms with van der Waals surface area (Å²) in [6.45, 7) is 1.80. The van der Waals surface area contributed by atoms with Gasteiger partial charge in [-0.2, -0.15) is 0 Å². The maximum Gasteiger partial charge on any atom is 0.147 e. The molecular formula is C7H12Cl2N4. The fraction of sp³-hybridized carbons (Fsp3) is 0.429. The molecule has 0 aliphatic carbocycles. The second kappa shape index (κ2) is 5.21. The van der Waals surface area contributed by atoms with Crippen molar-refractivity contribution in [2.45, 2.75) is 6.04 Å². The summed E-state index contributed by atoms with van der Waals surface area (Å²) in [5.41, 5.74) is 5.62. The Morgan fingerprint density at radius 1 is 1.31 bits per heavy atom. The largest absolute Gasteiger partial charge is 0.352 e. The van der Waals surface area contributed by atoms with Gasteiger partial charge in [-0.25, -0.2) is 4.98 Å². The quantitative estimate of drug-likeness (QED) is 0.751. The summed E-state index contributed by atoms with van der Waals surface area (Å²) in [5, 5.41) is 0. The van der Waals surface area contributed by atoms with E-state index in [1.54, 1.807) is 18.6 Å². The van der Waals surface area contributed by atoms with Crippen molar-refractivity contribution in [2.24, 2.45) is 5.73 Å². The van der Waals surface area contributed by atoms with E-state index in [4.69, 9.17) is 5.73 Å². The lowest BCUT2D eigenvalue weighted by Gasteiger charge is -2.37. The molecular weight excluding hydrogens is 211 g/mol. The summed E-state index contributed by atoms with van der Waals surface area (Å²) in [7, 11) is 0. The predicted molar refractivity (Wildman–Crippen MR) is 56.7 cm³/mol. The number of anilines is 1. The first-order valence-corrected chi connectivity index (χ1v) is 3.63. The molecule has 0 atom stereocenters. The van der Waals surface area contributed by atoms with Crippen molar-refractivity contribution < 1.29 is 0 Å². The molecule has 1 fully saturated rings. The van der Waals surface area contributed by atoms with Crippen molar-refractivity contribution in [1.82, 2.24) is 9.97 Å². The Kier molecular flexibility index (Phi) is 4.98. The van der Waals surface area contributed by atoms with E-state index in [0.717, 1.165) is 18.9 Å². The molecule has 4 nitrogen and oxygen atoms in total. The predicted octanol–water partition coefficient (Wildman–Crippen LogP) is 0.468. The second-order valence-electron chi connectivity index (χ2n) is 2.73. The molecule has 1 aromatic heterocycles. The zero-order chi connectivity index (χ0) is 7.68. The van der Waals surface area contributed by atoms with Gasteiger partial charge in [-0.15, -0.1) is 24.8 Å². The molecule has 2 heterocycles. The van der Waals surface area contributed by atoms with Crippen LogP contribution in [0.3, 0.4) is 0 Å². The minimum Gasteiger partial charge on any atom is -0.352 e. The molecule has 6 heteroatoms. The van der Waals surface area contributed by atoms with Crippen LogP contribution < -0.4 is 10.6 Å². The van der Waals surface area contributed by atoms with Crippen LogP contribution in [0.1, 0.15) is 0 Å². The third-order valence-electron chi connectivity index (χ3n) is 1.78. The Labute approximate surface area is 89.4 Å². The molecule has 2 N–H and O–H groups in total. The maximum atomic E-state index is 5.62. The summed E-state index contributed by atoms with van der Waals surface area (Å²) in [5.74, 6) is 0.925. The summed E-state index contributed by atoms with van der Waals surface area (Å²) >= 11 is 0. The average Bonchev–Trinajstić information content (AvgIpc) is 2.01. The van der Waals surface area contributed by atoms with Crippen molar-refractivity contribution >= 4 is 30.6 Å². The highest BCUT2D eigenvalue weighted by molar-refractivity contribution is 5.85. The number of nitrogens with two attached hydrogens (primary N) is 1. The van der Waals surface area contributed by atoms with E-state index in [2.05, 4.69) is 14.9 Å². The Morgan fingerprint density at radius 2 is 2.00 bits per heavy atom. The monoisotopic (exact) mass is 222 g/mol. The highest BCUT2D eigenvalue weighted by Crippen LogP contribution is 2.14. The molecule has 13 heavy (non-hydrogen) atoms. The van der Waals surface area contributed by atoms with E-state index < -0.39 is 0 Å². The molecule has 0 amide bonds. The Bertz CT molecular complexity index is 238. The first-order chi connectivity index (χ1) is 5.36. The average molecular weight is 223 g/mol. The van der Waals surface area contributed by atoms with Gasteiger partial charge in [0.05, 0.1) is 6.20 Å². The molecule has 1 aliphatic heterocycles. The van der Waals surface area contributed by atoms with Gasteiger partial charge in [0.2, 0.25) is 0 Å². The Morgan fingerprint density at radius 3 is 2.46 bits per heavy atom. The van der Waals surface area contributed by atoms with Gasteiger partial charge in [0.15, 0.2) is 0 Å². The van der Waals surface area contributed by atoms with Crippen molar-refractivity contribution in [3.8, 4) is 0 Å². The van der Waals surface area contributed by atoms with Crippen LogP contribution in [0.5, 0.6) is 0 Å². The van der Waals surface area contributed by atoms with Crippen LogP contribution in [-0.4, -0.2) is 29.1 Å². The molecule has 0 saturated carbocycles. The first kappa shape index (κ1) is 12.4. The van der Waals surface area contributed by atoms with Crippen molar-refractivity contribution in [3.63, 3.8) is 0 Å². The SMILES string of the molecule is Cl.Cl.NC1CN(c2cnccn2)C1. The third kappa shape index (κ3) is 2.69. The smallest absolute Gasteiger partial charge is 0.147 e. The number of halogens is 2. The minimum atomic E-state index is 0. The van der Waals surface area contributed by atoms with E-state index in [0.29, 0.717) is 6.04 Å². The van der Waals surface area contributed by atoms with Crippen molar-refractivity contribution in [3.05, 3.63) is 18.6 Å². The lowest BCUT2D eigenvalue weighted by atomic mass is 10.1. The molecule has 74 valence electrons. The van der Waals surface area contributed by atoms with Crippen molar-refractivity contribution in [2.75, 3.05) is 18.0 Å². The molecule has 1 aliphatic rings. The van der Waals surface area contributed by atoms with E-state index in [1.807, 2.05) is 0 Å². The van der Waals surface area contributed by atoms with Crippen LogP contribution in [0.2, 0.25) is 0 Å². The van der Waals surface area contributed by atoms with Gasteiger partial charge in [0.25, 0.3) is 0 Å². The number of hydrogen-bond acceptors (Lipinski definition) is 4. The standard InChI is InChI=1S/C7H10N4.2ClH/c8-6-4-11(5-6)7-3-9-1-2-10-7;;/h1-3,6H,4-5,8H2;2*1H. The molecule has 0 bridgehead atoms. The van der Waals surface area contributed by atoms with Gasteiger partial charge in [-0.05, 0) is 0 Å². The minimum absolute atomic E-state index is 0. The van der Waals surface area contributed by atoms with Crippen LogP contribution in [0.25, 0.3) is 0 Å². The number of hydrogen-bond donors (Lipinski definition) is 1. The highest BCUT2D eigenvalue weighted by atomic mass is 35.5. The molecule has 0 unspecified atom stereocenters. The molecule has 1 aromatic rings. The zero-order valence-corrected chi connectivity index (χ0v) is 8.59. The molecule has 2 rings (SSSR count). The van der Waals surface area contributed by atoms with Crippen molar-refractivity contribution in [1.29, 1.82) is 0 Å². The fourth-order valence-corrected chi connectivity index (χ4v) is 1.15. The topological polar surface area (TPSA) is 55.0 Å². The van der Waals surface area contributed by atoms with E-state index in [1.165, 1.54) is 0 Å². The number of nitrogens with zero attached hydrogens (tertiary/aromatic N) is 3. The Balaban J connectivity index is 0.000000720. The maximum absolute atomic E-state index is 5.62. The van der Waals surface area contributed by atoms with Gasteiger partial charge in [-0.1, -0.05) is 0 Å². The van der Waals surface area contributed by atoms with E-state index in [-0.39, 0.29) is 24.8 Å². The van der Waals surface area contributed by atoms with Gasteiger partial charge < -0.3 is 10.6 Å².